The lowest BCUT2D eigenvalue weighted by atomic mass is 10.1. The molecule has 0 atom stereocenters. The van der Waals surface area contributed by atoms with Gasteiger partial charge in [0.15, 0.2) is 5.82 Å². The minimum absolute atomic E-state index is 0.0145. The molecule has 0 unspecified atom stereocenters. The molecule has 0 spiro atoms. The lowest BCUT2D eigenvalue weighted by Gasteiger charge is -2.25. The normalized spacial score (nSPS) is 11.0. The van der Waals surface area contributed by atoms with Crippen LogP contribution in [0.1, 0.15) is 11.1 Å². The monoisotopic (exact) mass is 396 g/mol. The Hall–Kier alpha value is -3.00. The standard InChI is InChI=1S/C16H15F3N6OS/c1-22-15-23-13(11(7-20)14(24-15)27-2)25(8-12(21)26)10-5-3-4-9(6-10)16(17,18)19/h3-6H,8H2,1-2H3,(H2,21,26)(H,22,23,24). The number of primary amides is 1. The van der Waals surface area contributed by atoms with Crippen LogP contribution < -0.4 is 16.0 Å². The van der Waals surface area contributed by atoms with E-state index in [2.05, 4.69) is 15.3 Å². The van der Waals surface area contributed by atoms with E-state index in [0.29, 0.717) is 5.03 Å². The van der Waals surface area contributed by atoms with Crippen LogP contribution in [0.2, 0.25) is 0 Å². The number of nitriles is 1. The third kappa shape index (κ3) is 4.59. The van der Waals surface area contributed by atoms with Gasteiger partial charge in [-0.1, -0.05) is 6.07 Å². The largest absolute Gasteiger partial charge is 0.416 e. The first-order valence-corrected chi connectivity index (χ1v) is 8.70. The van der Waals surface area contributed by atoms with Gasteiger partial charge in [-0.2, -0.15) is 23.4 Å². The summed E-state index contributed by atoms with van der Waals surface area (Å²) in [6, 6.07) is 6.29. The van der Waals surface area contributed by atoms with Gasteiger partial charge in [0, 0.05) is 12.7 Å². The van der Waals surface area contributed by atoms with Crippen molar-refractivity contribution in [3.8, 4) is 6.07 Å². The zero-order valence-electron chi connectivity index (χ0n) is 14.3. The van der Waals surface area contributed by atoms with Crippen molar-refractivity contribution in [2.24, 2.45) is 5.73 Å². The third-order valence-electron chi connectivity index (χ3n) is 3.44. The highest BCUT2D eigenvalue weighted by atomic mass is 32.2. The number of anilines is 3. The molecule has 0 fully saturated rings. The maximum Gasteiger partial charge on any atom is 0.416 e. The van der Waals surface area contributed by atoms with E-state index in [1.165, 1.54) is 28.8 Å². The van der Waals surface area contributed by atoms with E-state index in [9.17, 15) is 23.2 Å². The smallest absolute Gasteiger partial charge is 0.368 e. The number of nitrogens with one attached hydrogen (secondary N) is 1. The van der Waals surface area contributed by atoms with Crippen LogP contribution in [0.15, 0.2) is 29.3 Å². The van der Waals surface area contributed by atoms with Crippen LogP contribution in [0.3, 0.4) is 0 Å². The van der Waals surface area contributed by atoms with Crippen LogP contribution in [-0.4, -0.2) is 35.7 Å². The first-order chi connectivity index (χ1) is 12.7. The van der Waals surface area contributed by atoms with Gasteiger partial charge in [0.25, 0.3) is 0 Å². The van der Waals surface area contributed by atoms with E-state index in [1.54, 1.807) is 13.3 Å². The molecule has 1 heterocycles. The Morgan fingerprint density at radius 3 is 2.63 bits per heavy atom. The van der Waals surface area contributed by atoms with Crippen LogP contribution in [0.5, 0.6) is 0 Å². The molecule has 0 radical (unpaired) electrons. The summed E-state index contributed by atoms with van der Waals surface area (Å²) >= 11 is 1.17. The fourth-order valence-electron chi connectivity index (χ4n) is 2.28. The van der Waals surface area contributed by atoms with Crippen LogP contribution >= 0.6 is 11.8 Å². The van der Waals surface area contributed by atoms with Gasteiger partial charge in [0.2, 0.25) is 11.9 Å². The molecule has 11 heteroatoms. The second kappa shape index (κ2) is 8.13. The minimum atomic E-state index is -4.57. The Kier molecular flexibility index (Phi) is 6.12. The molecule has 0 saturated heterocycles. The zero-order chi connectivity index (χ0) is 20.2. The second-order valence-electron chi connectivity index (χ2n) is 5.22. The molecule has 0 aliphatic heterocycles. The Morgan fingerprint density at radius 1 is 1.41 bits per heavy atom. The fourth-order valence-corrected chi connectivity index (χ4v) is 2.79. The Balaban J connectivity index is 2.72. The predicted octanol–water partition coefficient (Wildman–Crippen LogP) is 2.75. The summed E-state index contributed by atoms with van der Waals surface area (Å²) in [4.78, 5) is 21.0. The van der Waals surface area contributed by atoms with E-state index < -0.39 is 24.2 Å². The molecule has 0 bridgehead atoms. The highest BCUT2D eigenvalue weighted by Crippen LogP contribution is 2.35. The number of amides is 1. The van der Waals surface area contributed by atoms with E-state index >= 15 is 0 Å². The number of alkyl halides is 3. The van der Waals surface area contributed by atoms with Crippen LogP contribution in [-0.2, 0) is 11.0 Å². The molecule has 0 saturated carbocycles. The minimum Gasteiger partial charge on any atom is -0.368 e. The van der Waals surface area contributed by atoms with Crippen molar-refractivity contribution < 1.29 is 18.0 Å². The number of nitrogens with zero attached hydrogens (tertiary/aromatic N) is 4. The molecule has 142 valence electrons. The Labute approximate surface area is 157 Å². The first kappa shape index (κ1) is 20.3. The quantitative estimate of drug-likeness (QED) is 0.571. The number of rotatable bonds is 6. The van der Waals surface area contributed by atoms with E-state index in [0.717, 1.165) is 12.1 Å². The second-order valence-corrected chi connectivity index (χ2v) is 6.01. The average Bonchev–Trinajstić information content (AvgIpc) is 2.64. The van der Waals surface area contributed by atoms with Gasteiger partial charge in [-0.25, -0.2) is 4.98 Å². The lowest BCUT2D eigenvalue weighted by Crippen LogP contribution is -2.32. The van der Waals surface area contributed by atoms with Gasteiger partial charge >= 0.3 is 6.18 Å². The van der Waals surface area contributed by atoms with Crippen molar-refractivity contribution in [2.75, 3.05) is 30.1 Å². The highest BCUT2D eigenvalue weighted by Gasteiger charge is 2.31. The average molecular weight is 396 g/mol. The molecule has 2 aromatic rings. The van der Waals surface area contributed by atoms with E-state index in [4.69, 9.17) is 5.73 Å². The van der Waals surface area contributed by atoms with E-state index in [-0.39, 0.29) is 23.0 Å². The number of carbonyl (C=O) groups is 1. The van der Waals surface area contributed by atoms with E-state index in [1.807, 2.05) is 6.07 Å². The molecule has 27 heavy (non-hydrogen) atoms. The SMILES string of the molecule is CNc1nc(SC)c(C#N)c(N(CC(N)=O)c2cccc(C(F)(F)F)c2)n1. The summed E-state index contributed by atoms with van der Waals surface area (Å²) in [5.41, 5.74) is 4.42. The first-order valence-electron chi connectivity index (χ1n) is 7.48. The highest BCUT2D eigenvalue weighted by molar-refractivity contribution is 7.98. The fraction of sp³-hybridized carbons (Fsp3) is 0.250. The summed E-state index contributed by atoms with van der Waals surface area (Å²) in [6.45, 7) is -0.468. The molecule has 1 amide bonds. The summed E-state index contributed by atoms with van der Waals surface area (Å²) in [6.07, 6.45) is -2.88. The summed E-state index contributed by atoms with van der Waals surface area (Å²) < 4.78 is 39.2. The van der Waals surface area contributed by atoms with Crippen LogP contribution in [0, 0.1) is 11.3 Å². The van der Waals surface area contributed by atoms with Gasteiger partial charge in [0.05, 0.1) is 5.56 Å². The third-order valence-corrected chi connectivity index (χ3v) is 4.12. The van der Waals surface area contributed by atoms with Crippen molar-refractivity contribution in [1.82, 2.24) is 9.97 Å². The van der Waals surface area contributed by atoms with Gasteiger partial charge in [-0.15, -0.1) is 11.8 Å². The zero-order valence-corrected chi connectivity index (χ0v) is 15.1. The van der Waals surface area contributed by atoms with Gasteiger partial charge in [0.1, 0.15) is 23.2 Å². The van der Waals surface area contributed by atoms with Crippen molar-refractivity contribution in [1.29, 1.82) is 5.26 Å². The van der Waals surface area contributed by atoms with Crippen LogP contribution in [0.4, 0.5) is 30.6 Å². The number of halogens is 3. The summed E-state index contributed by atoms with van der Waals surface area (Å²) in [5, 5.41) is 12.6. The van der Waals surface area contributed by atoms with Gasteiger partial charge in [-0.05, 0) is 24.5 Å². The molecule has 1 aromatic heterocycles. The van der Waals surface area contributed by atoms with Gasteiger partial charge in [-0.3, -0.25) is 4.79 Å². The number of nitrogens with two attached hydrogens (primary N) is 1. The van der Waals surface area contributed by atoms with Gasteiger partial charge < -0.3 is 16.0 Å². The number of thioether (sulfide) groups is 1. The number of aromatic nitrogens is 2. The van der Waals surface area contributed by atoms with Crippen LogP contribution in [0.25, 0.3) is 0 Å². The summed E-state index contributed by atoms with van der Waals surface area (Å²) in [7, 11) is 1.55. The maximum absolute atomic E-state index is 13.1. The molecule has 1 aromatic carbocycles. The predicted molar refractivity (Wildman–Crippen MR) is 95.7 cm³/mol. The molecule has 7 nitrogen and oxygen atoms in total. The van der Waals surface area contributed by atoms with Crippen molar-refractivity contribution in [3.05, 3.63) is 35.4 Å². The number of benzene rings is 1. The topological polar surface area (TPSA) is 108 Å². The molecule has 3 N–H and O–H groups in total. The van der Waals surface area contributed by atoms with Crippen molar-refractivity contribution in [3.63, 3.8) is 0 Å². The molecule has 2 rings (SSSR count). The Morgan fingerprint density at radius 2 is 2.11 bits per heavy atom. The molecular weight excluding hydrogens is 381 g/mol. The number of hydrogen-bond acceptors (Lipinski definition) is 7. The maximum atomic E-state index is 13.1. The number of hydrogen-bond donors (Lipinski definition) is 2. The molecule has 0 aliphatic carbocycles. The number of carbonyl (C=O) groups excluding carboxylic acids is 1. The summed E-state index contributed by atoms with van der Waals surface area (Å²) in [5.74, 6) is -0.666. The molecular formula is C16H15F3N6OS. The van der Waals surface area contributed by atoms with Crippen molar-refractivity contribution in [2.45, 2.75) is 11.2 Å². The Bertz CT molecular complexity index is 897. The van der Waals surface area contributed by atoms with Crippen molar-refractivity contribution >= 4 is 35.1 Å². The molecule has 0 aliphatic rings. The lowest BCUT2D eigenvalue weighted by molar-refractivity contribution is -0.137.